The number of carboxylic acids is 1. The molecule has 2 aliphatic heterocycles. The number of anilines is 1. The summed E-state index contributed by atoms with van der Waals surface area (Å²) in [7, 11) is 0. The molecule has 3 rings (SSSR count). The van der Waals surface area contributed by atoms with Gasteiger partial charge in [0.05, 0.1) is 0 Å². The van der Waals surface area contributed by atoms with Crippen LogP contribution in [0.2, 0.25) is 0 Å². The molecule has 12 nitrogen and oxygen atoms in total. The molecule has 0 spiro atoms. The number of aliphatic carboxylic acids is 1. The van der Waals surface area contributed by atoms with Crippen molar-refractivity contribution in [3.63, 3.8) is 0 Å². The van der Waals surface area contributed by atoms with E-state index in [1.54, 1.807) is 0 Å². The maximum Gasteiger partial charge on any atom is 0.355 e. The number of hydrogen-bond acceptors (Lipinski definition) is 11. The molecule has 1 aromatic heterocycles. The fourth-order valence-corrected chi connectivity index (χ4v) is 4.69. The number of hydrogen-bond donors (Lipinski definition) is 4. The van der Waals surface area contributed by atoms with Gasteiger partial charge in [-0.25, -0.2) is 14.6 Å². The molecule has 0 saturated carbocycles. The van der Waals surface area contributed by atoms with Gasteiger partial charge >= 0.3 is 11.9 Å². The van der Waals surface area contributed by atoms with Gasteiger partial charge in [0, 0.05) is 11.1 Å². The average Bonchev–Trinajstić information content (AvgIpc) is 3.15. The number of allylic oxidation sites excluding steroid dienone is 1. The Hall–Kier alpha value is -3.39. The number of carboxylic acid groups (broad SMARTS) is 1. The van der Waals surface area contributed by atoms with Crippen LogP contribution in [0.5, 0.6) is 0 Å². The van der Waals surface area contributed by atoms with Gasteiger partial charge in [-0.2, -0.15) is 0 Å². The number of nitrogens with zero attached hydrogens (tertiary/aromatic N) is 3. The lowest BCUT2D eigenvalue weighted by molar-refractivity contribution is -0.157. The first-order valence-electron chi connectivity index (χ1n) is 8.22. The Morgan fingerprint density at radius 1 is 1.50 bits per heavy atom. The predicted octanol–water partition coefficient (Wildman–Crippen LogP) is -0.629. The van der Waals surface area contributed by atoms with Crippen molar-refractivity contribution >= 4 is 57.7 Å². The summed E-state index contributed by atoms with van der Waals surface area (Å²) in [5.74, 6) is -3.51. The highest BCUT2D eigenvalue weighted by molar-refractivity contribution is 8.00. The SMILES string of the molecule is C=CC1=C(C(=O)OCC(=O)O)N2C(=O)C(NC(=O)/C(=N\O)c3csc(N)n3)[C@H]2SC1. The normalized spacial score (nSPS) is 20.9. The minimum atomic E-state index is -1.34. The molecule has 2 aliphatic rings. The number of aromatic nitrogens is 1. The number of thiazole rings is 1. The van der Waals surface area contributed by atoms with E-state index in [9.17, 15) is 19.2 Å². The number of amides is 2. The van der Waals surface area contributed by atoms with Crippen molar-refractivity contribution in [1.29, 1.82) is 0 Å². The highest BCUT2D eigenvalue weighted by Crippen LogP contribution is 2.40. The van der Waals surface area contributed by atoms with Crippen molar-refractivity contribution in [3.05, 3.63) is 35.0 Å². The third-order valence-corrected chi connectivity index (χ3v) is 6.11. The van der Waals surface area contributed by atoms with Gasteiger partial charge in [-0.05, 0) is 5.57 Å². The van der Waals surface area contributed by atoms with Gasteiger partial charge in [-0.3, -0.25) is 14.5 Å². The summed E-state index contributed by atoms with van der Waals surface area (Å²) in [6.45, 7) is 2.73. The summed E-state index contributed by atoms with van der Waals surface area (Å²) < 4.78 is 4.70. The molecule has 1 unspecified atom stereocenters. The van der Waals surface area contributed by atoms with Crippen molar-refractivity contribution < 1.29 is 34.2 Å². The van der Waals surface area contributed by atoms with Gasteiger partial charge in [0.15, 0.2) is 17.5 Å². The molecule has 158 valence electrons. The van der Waals surface area contributed by atoms with Crippen molar-refractivity contribution in [3.8, 4) is 0 Å². The number of fused-ring (bicyclic) bond motifs is 1. The summed E-state index contributed by atoms with van der Waals surface area (Å²) in [5, 5.41) is 24.2. The lowest BCUT2D eigenvalue weighted by Gasteiger charge is -2.49. The molecular weight excluding hydrogens is 438 g/mol. The molecule has 1 aromatic rings. The van der Waals surface area contributed by atoms with Crippen molar-refractivity contribution in [2.45, 2.75) is 11.4 Å². The van der Waals surface area contributed by atoms with Crippen LogP contribution in [0.3, 0.4) is 0 Å². The predicted molar refractivity (Wildman–Crippen MR) is 106 cm³/mol. The van der Waals surface area contributed by atoms with Gasteiger partial charge in [0.25, 0.3) is 11.8 Å². The zero-order chi connectivity index (χ0) is 22.0. The Balaban J connectivity index is 1.76. The van der Waals surface area contributed by atoms with Crippen molar-refractivity contribution in [1.82, 2.24) is 15.2 Å². The maximum atomic E-state index is 12.7. The van der Waals surface area contributed by atoms with Crippen LogP contribution in [0.15, 0.2) is 34.5 Å². The molecule has 0 aromatic carbocycles. The Labute approximate surface area is 177 Å². The van der Waals surface area contributed by atoms with E-state index < -0.39 is 47.5 Å². The summed E-state index contributed by atoms with van der Waals surface area (Å²) in [5.41, 5.74) is 5.43. The third kappa shape index (κ3) is 3.86. The lowest BCUT2D eigenvalue weighted by atomic mass is 10.0. The average molecular weight is 453 g/mol. The fourth-order valence-electron chi connectivity index (χ4n) is 2.80. The Morgan fingerprint density at radius 2 is 2.23 bits per heavy atom. The number of nitrogens with two attached hydrogens (primary N) is 1. The molecule has 2 amide bonds. The molecule has 0 aliphatic carbocycles. The molecule has 0 radical (unpaired) electrons. The van der Waals surface area contributed by atoms with Gasteiger partial charge in [0.1, 0.15) is 22.8 Å². The number of nitrogens with one attached hydrogen (secondary N) is 1. The van der Waals surface area contributed by atoms with Crippen molar-refractivity contribution in [2.24, 2.45) is 5.16 Å². The van der Waals surface area contributed by atoms with Crippen molar-refractivity contribution in [2.75, 3.05) is 18.1 Å². The summed E-state index contributed by atoms with van der Waals surface area (Å²) in [6.07, 6.45) is 1.38. The minimum absolute atomic E-state index is 0.0456. The van der Waals surface area contributed by atoms with Crippen LogP contribution < -0.4 is 11.1 Å². The summed E-state index contributed by atoms with van der Waals surface area (Å²) in [6, 6.07) is -1.01. The van der Waals surface area contributed by atoms with Crippen LogP contribution in [0, 0.1) is 0 Å². The number of carbonyl (C=O) groups is 4. The van der Waals surface area contributed by atoms with Crippen LogP contribution in [0.25, 0.3) is 0 Å². The molecule has 0 bridgehead atoms. The summed E-state index contributed by atoms with van der Waals surface area (Å²) >= 11 is 2.31. The molecule has 30 heavy (non-hydrogen) atoms. The topological polar surface area (TPSA) is 185 Å². The number of β-lactam (4-membered cyclic amide) rings is 1. The standard InChI is InChI=1S/C16H15N5O7S2/c1-2-6-4-29-14-10(13(25)21(14)11(6)15(26)28-3-8(22)23)19-12(24)9(20-27)7-5-30-16(17)18-7/h2,5,10,14,27H,1,3-4H2,(H2,17,18)(H,19,24)(H,22,23)/b20-9-/t10?,14-/m1/s1. The van der Waals surface area contributed by atoms with E-state index in [1.165, 1.54) is 23.2 Å². The smallest absolute Gasteiger partial charge is 0.355 e. The summed E-state index contributed by atoms with van der Waals surface area (Å²) in [4.78, 5) is 53.1. The van der Waals surface area contributed by atoms with E-state index in [4.69, 9.17) is 20.8 Å². The van der Waals surface area contributed by atoms with E-state index in [2.05, 4.69) is 22.0 Å². The number of esters is 1. The lowest BCUT2D eigenvalue weighted by Crippen LogP contribution is -2.71. The minimum Gasteiger partial charge on any atom is -0.479 e. The van der Waals surface area contributed by atoms with Crippen LogP contribution in [-0.2, 0) is 23.9 Å². The molecule has 1 saturated heterocycles. The quantitative estimate of drug-likeness (QED) is 0.136. The molecule has 14 heteroatoms. The van der Waals surface area contributed by atoms with Crippen LogP contribution in [0.1, 0.15) is 5.69 Å². The van der Waals surface area contributed by atoms with E-state index in [1.807, 2.05) is 0 Å². The van der Waals surface area contributed by atoms with E-state index in [0.717, 1.165) is 16.2 Å². The molecular formula is C16H15N5O7S2. The highest BCUT2D eigenvalue weighted by Gasteiger charge is 2.54. The molecule has 3 heterocycles. The Kier molecular flexibility index (Phi) is 6.07. The van der Waals surface area contributed by atoms with Crippen LogP contribution >= 0.6 is 23.1 Å². The van der Waals surface area contributed by atoms with Gasteiger partial charge < -0.3 is 26.1 Å². The first-order chi connectivity index (χ1) is 14.3. The van der Waals surface area contributed by atoms with Gasteiger partial charge in [-0.15, -0.1) is 23.1 Å². The number of thioether (sulfide) groups is 1. The molecule has 2 atom stereocenters. The molecule has 1 fully saturated rings. The number of rotatable bonds is 7. The van der Waals surface area contributed by atoms with Crippen LogP contribution in [0.4, 0.5) is 5.13 Å². The van der Waals surface area contributed by atoms with E-state index in [0.29, 0.717) is 5.57 Å². The fraction of sp³-hybridized carbons (Fsp3) is 0.250. The number of ether oxygens (including phenoxy) is 1. The Morgan fingerprint density at radius 3 is 2.80 bits per heavy atom. The zero-order valence-corrected chi connectivity index (χ0v) is 16.7. The first-order valence-corrected chi connectivity index (χ1v) is 10.1. The monoisotopic (exact) mass is 453 g/mol. The number of oxime groups is 1. The third-order valence-electron chi connectivity index (χ3n) is 4.13. The Bertz CT molecular complexity index is 1000. The van der Waals surface area contributed by atoms with Crippen LogP contribution in [-0.4, -0.2) is 73.4 Å². The number of nitrogen functional groups attached to an aromatic ring is 1. The molecule has 5 N–H and O–H groups in total. The zero-order valence-electron chi connectivity index (χ0n) is 15.1. The highest BCUT2D eigenvalue weighted by atomic mass is 32.2. The van der Waals surface area contributed by atoms with E-state index in [-0.39, 0.29) is 22.3 Å². The second-order valence-corrected chi connectivity index (χ2v) is 7.92. The maximum absolute atomic E-state index is 12.7. The number of carbonyl (C=O) groups excluding carboxylic acids is 3. The second-order valence-electron chi connectivity index (χ2n) is 5.93. The first kappa shape index (κ1) is 21.3. The van der Waals surface area contributed by atoms with E-state index >= 15 is 0 Å². The second kappa shape index (κ2) is 8.54. The largest absolute Gasteiger partial charge is 0.479 e. The van der Waals surface area contributed by atoms with Gasteiger partial charge in [-0.1, -0.05) is 17.8 Å². The van der Waals surface area contributed by atoms with Gasteiger partial charge in [0.2, 0.25) is 0 Å².